The van der Waals surface area contributed by atoms with E-state index in [-0.39, 0.29) is 18.3 Å². The fourth-order valence-corrected chi connectivity index (χ4v) is 2.57. The first-order chi connectivity index (χ1) is 10.4. The van der Waals surface area contributed by atoms with Gasteiger partial charge in [-0.25, -0.2) is 4.39 Å². The van der Waals surface area contributed by atoms with Gasteiger partial charge >= 0.3 is 0 Å². The predicted octanol–water partition coefficient (Wildman–Crippen LogP) is -0.110. The molecule has 1 aromatic rings. The van der Waals surface area contributed by atoms with Gasteiger partial charge in [-0.2, -0.15) is 0 Å². The molecule has 0 radical (unpaired) electrons. The molecule has 1 aliphatic rings. The molecule has 6 nitrogen and oxygen atoms in total. The fourth-order valence-electron chi connectivity index (χ4n) is 2.57. The Morgan fingerprint density at radius 1 is 1.27 bits per heavy atom. The van der Waals surface area contributed by atoms with Crippen molar-refractivity contribution in [1.29, 1.82) is 0 Å². The molecule has 0 saturated carbocycles. The largest absolute Gasteiger partial charge is 0.368 e. The Kier molecular flexibility index (Phi) is 4.97. The number of benzene rings is 1. The SMILES string of the molecule is CN(C)CC(=O)N1CCN(c2ccc(F)cc2)CC1C(N)=O. The van der Waals surface area contributed by atoms with E-state index in [2.05, 4.69) is 0 Å². The highest BCUT2D eigenvalue weighted by atomic mass is 19.1. The van der Waals surface area contributed by atoms with Crippen LogP contribution in [0, 0.1) is 5.82 Å². The summed E-state index contributed by atoms with van der Waals surface area (Å²) in [6, 6.07) is 5.39. The number of halogens is 1. The first-order valence-corrected chi connectivity index (χ1v) is 7.12. The van der Waals surface area contributed by atoms with Gasteiger partial charge in [0.25, 0.3) is 0 Å². The van der Waals surface area contributed by atoms with Crippen molar-refractivity contribution in [3.05, 3.63) is 30.1 Å². The second kappa shape index (κ2) is 6.74. The van der Waals surface area contributed by atoms with Crippen molar-refractivity contribution in [2.45, 2.75) is 6.04 Å². The van der Waals surface area contributed by atoms with E-state index in [1.54, 1.807) is 31.1 Å². The van der Waals surface area contributed by atoms with Gasteiger partial charge < -0.3 is 20.4 Å². The molecule has 1 saturated heterocycles. The van der Waals surface area contributed by atoms with Crippen LogP contribution < -0.4 is 10.6 Å². The summed E-state index contributed by atoms with van der Waals surface area (Å²) in [7, 11) is 3.60. The van der Waals surface area contributed by atoms with E-state index >= 15 is 0 Å². The molecule has 0 bridgehead atoms. The van der Waals surface area contributed by atoms with Crippen LogP contribution in [0.4, 0.5) is 10.1 Å². The number of carbonyl (C=O) groups excluding carboxylic acids is 2. The highest BCUT2D eigenvalue weighted by molar-refractivity contribution is 5.88. The van der Waals surface area contributed by atoms with Crippen molar-refractivity contribution in [2.24, 2.45) is 5.73 Å². The lowest BCUT2D eigenvalue weighted by atomic mass is 10.1. The zero-order valence-corrected chi connectivity index (χ0v) is 12.8. The van der Waals surface area contributed by atoms with E-state index in [1.807, 2.05) is 4.90 Å². The molecule has 1 atom stereocenters. The molecule has 120 valence electrons. The van der Waals surface area contributed by atoms with Gasteiger partial charge in [0.2, 0.25) is 11.8 Å². The monoisotopic (exact) mass is 308 g/mol. The summed E-state index contributed by atoms with van der Waals surface area (Å²) in [6.07, 6.45) is 0. The van der Waals surface area contributed by atoms with Crippen molar-refractivity contribution < 1.29 is 14.0 Å². The number of anilines is 1. The molecule has 1 fully saturated rings. The number of rotatable bonds is 4. The summed E-state index contributed by atoms with van der Waals surface area (Å²) < 4.78 is 13.0. The van der Waals surface area contributed by atoms with Crippen LogP contribution in [0.1, 0.15) is 0 Å². The Labute approximate surface area is 129 Å². The lowest BCUT2D eigenvalue weighted by Crippen LogP contribution is -2.61. The molecule has 7 heteroatoms. The van der Waals surface area contributed by atoms with Crippen molar-refractivity contribution in [2.75, 3.05) is 45.2 Å². The fraction of sp³-hybridized carbons (Fsp3) is 0.467. The van der Waals surface area contributed by atoms with Crippen molar-refractivity contribution >= 4 is 17.5 Å². The van der Waals surface area contributed by atoms with Crippen molar-refractivity contribution in [3.63, 3.8) is 0 Å². The maximum Gasteiger partial charge on any atom is 0.242 e. The Balaban J connectivity index is 2.12. The molecule has 0 spiro atoms. The normalized spacial score (nSPS) is 18.6. The Morgan fingerprint density at radius 3 is 2.45 bits per heavy atom. The molecule has 0 aromatic heterocycles. The van der Waals surface area contributed by atoms with Crippen LogP contribution in [0.5, 0.6) is 0 Å². The second-order valence-corrected chi connectivity index (χ2v) is 5.67. The molecule has 2 amide bonds. The van der Waals surface area contributed by atoms with Crippen molar-refractivity contribution in [3.8, 4) is 0 Å². The minimum atomic E-state index is -0.675. The zero-order chi connectivity index (χ0) is 16.3. The quantitative estimate of drug-likeness (QED) is 0.842. The molecule has 2 rings (SSSR count). The van der Waals surface area contributed by atoms with Gasteiger partial charge in [0.1, 0.15) is 11.9 Å². The maximum absolute atomic E-state index is 13.0. The lowest BCUT2D eigenvalue weighted by Gasteiger charge is -2.41. The van der Waals surface area contributed by atoms with Gasteiger partial charge in [-0.15, -0.1) is 0 Å². The summed E-state index contributed by atoms with van der Waals surface area (Å²) in [5.41, 5.74) is 6.27. The average molecular weight is 308 g/mol. The van der Waals surface area contributed by atoms with Crippen LogP contribution in [0.3, 0.4) is 0 Å². The standard InChI is InChI=1S/C15H21FN4O2/c1-18(2)10-14(21)20-8-7-19(9-13(20)15(17)22)12-5-3-11(16)4-6-12/h3-6,13H,7-10H2,1-2H3,(H2,17,22). The van der Waals surface area contributed by atoms with Crippen LogP contribution in [-0.2, 0) is 9.59 Å². The number of carbonyl (C=O) groups is 2. The van der Waals surface area contributed by atoms with E-state index in [9.17, 15) is 14.0 Å². The molecule has 1 heterocycles. The molecular formula is C15H21FN4O2. The third kappa shape index (κ3) is 3.73. The lowest BCUT2D eigenvalue weighted by molar-refractivity contribution is -0.140. The highest BCUT2D eigenvalue weighted by Crippen LogP contribution is 2.20. The summed E-state index contributed by atoms with van der Waals surface area (Å²) in [6.45, 7) is 1.55. The van der Waals surface area contributed by atoms with Gasteiger partial charge in [-0.3, -0.25) is 9.59 Å². The molecule has 2 N–H and O–H groups in total. The molecule has 1 aromatic carbocycles. The van der Waals surface area contributed by atoms with Crippen LogP contribution in [0.2, 0.25) is 0 Å². The number of hydrogen-bond donors (Lipinski definition) is 1. The highest BCUT2D eigenvalue weighted by Gasteiger charge is 2.34. The van der Waals surface area contributed by atoms with Gasteiger partial charge in [0.15, 0.2) is 0 Å². The zero-order valence-electron chi connectivity index (χ0n) is 12.8. The van der Waals surface area contributed by atoms with E-state index in [1.165, 1.54) is 17.0 Å². The minimum absolute atomic E-state index is 0.118. The van der Waals surface area contributed by atoms with Gasteiger partial charge in [0, 0.05) is 25.3 Å². The topological polar surface area (TPSA) is 69.9 Å². The van der Waals surface area contributed by atoms with Crippen LogP contribution >= 0.6 is 0 Å². The minimum Gasteiger partial charge on any atom is -0.368 e. The number of primary amides is 1. The molecular weight excluding hydrogens is 287 g/mol. The van der Waals surface area contributed by atoms with Gasteiger partial charge in [-0.05, 0) is 38.4 Å². The number of amides is 2. The summed E-state index contributed by atoms with van der Waals surface area (Å²) >= 11 is 0. The first-order valence-electron chi connectivity index (χ1n) is 7.12. The molecule has 1 aliphatic heterocycles. The smallest absolute Gasteiger partial charge is 0.242 e. The number of piperazine rings is 1. The van der Waals surface area contributed by atoms with Gasteiger partial charge in [0.05, 0.1) is 6.54 Å². The molecule has 1 unspecified atom stereocenters. The molecule has 0 aliphatic carbocycles. The Morgan fingerprint density at radius 2 is 1.91 bits per heavy atom. The number of hydrogen-bond acceptors (Lipinski definition) is 4. The average Bonchev–Trinajstić information content (AvgIpc) is 2.46. The number of likely N-dealkylation sites (N-methyl/N-ethyl adjacent to an activating group) is 1. The summed E-state index contributed by atoms with van der Waals surface area (Å²) in [5.74, 6) is -0.957. The molecule has 22 heavy (non-hydrogen) atoms. The van der Waals surface area contributed by atoms with E-state index in [0.717, 1.165) is 5.69 Å². The van der Waals surface area contributed by atoms with Crippen LogP contribution in [0.25, 0.3) is 0 Å². The van der Waals surface area contributed by atoms with Crippen LogP contribution in [0.15, 0.2) is 24.3 Å². The second-order valence-electron chi connectivity index (χ2n) is 5.67. The Hall–Kier alpha value is -2.15. The predicted molar refractivity (Wildman–Crippen MR) is 81.9 cm³/mol. The maximum atomic E-state index is 13.0. The third-order valence-electron chi connectivity index (χ3n) is 3.67. The van der Waals surface area contributed by atoms with Crippen molar-refractivity contribution in [1.82, 2.24) is 9.80 Å². The Bertz CT molecular complexity index is 547. The van der Waals surface area contributed by atoms with Gasteiger partial charge in [-0.1, -0.05) is 0 Å². The first kappa shape index (κ1) is 16.2. The van der Waals surface area contributed by atoms with E-state index in [0.29, 0.717) is 19.6 Å². The number of nitrogens with two attached hydrogens (primary N) is 1. The number of nitrogens with zero attached hydrogens (tertiary/aromatic N) is 3. The summed E-state index contributed by atoms with van der Waals surface area (Å²) in [4.78, 5) is 29.2. The van der Waals surface area contributed by atoms with E-state index in [4.69, 9.17) is 5.73 Å². The van der Waals surface area contributed by atoms with Crippen LogP contribution in [-0.4, -0.2) is 67.9 Å². The van der Waals surface area contributed by atoms with E-state index < -0.39 is 11.9 Å². The summed E-state index contributed by atoms with van der Waals surface area (Å²) in [5, 5.41) is 0. The third-order valence-corrected chi connectivity index (χ3v) is 3.67.